The molecular weight excluding hydrogens is 112 g/mol. The summed E-state index contributed by atoms with van der Waals surface area (Å²) in [7, 11) is 0. The molecule has 2 radical (unpaired) electrons. The van der Waals surface area contributed by atoms with Crippen LogP contribution in [-0.2, 0) is 0 Å². The molecule has 0 amide bonds. The zero-order valence-corrected chi connectivity index (χ0v) is 4.68. The van der Waals surface area contributed by atoms with Crippen molar-refractivity contribution in [3.05, 3.63) is 30.5 Å². The van der Waals surface area contributed by atoms with E-state index in [1.54, 1.807) is 12.3 Å². The van der Waals surface area contributed by atoms with Crippen molar-refractivity contribution in [1.82, 2.24) is 10.2 Å². The van der Waals surface area contributed by atoms with E-state index in [1.165, 1.54) is 0 Å². The lowest BCUT2D eigenvalue weighted by atomic mass is 10.3. The number of aromatic nitrogens is 2. The summed E-state index contributed by atoms with van der Waals surface area (Å²) >= 11 is 0. The van der Waals surface area contributed by atoms with Crippen LogP contribution in [0.1, 0.15) is 0 Å². The second kappa shape index (κ2) is 1.58. The van der Waals surface area contributed by atoms with Gasteiger partial charge in [-0.2, -0.15) is 5.10 Å². The number of rotatable bonds is 0. The van der Waals surface area contributed by atoms with Crippen LogP contribution in [0.25, 0.3) is 10.9 Å². The third kappa shape index (κ3) is 0.598. The summed E-state index contributed by atoms with van der Waals surface area (Å²) in [6, 6.07) is 9.47. The first kappa shape index (κ1) is 4.56. The molecule has 1 aromatic carbocycles. The summed E-state index contributed by atoms with van der Waals surface area (Å²) in [6.07, 6.45) is 1.75. The topological polar surface area (TPSA) is 28.7 Å². The first-order valence-corrected chi connectivity index (χ1v) is 2.68. The first-order chi connectivity index (χ1) is 4.47. The van der Waals surface area contributed by atoms with E-state index in [0.717, 1.165) is 10.9 Å². The first-order valence-electron chi connectivity index (χ1n) is 2.68. The van der Waals surface area contributed by atoms with Crippen LogP contribution in [0, 0.1) is 12.1 Å². The highest BCUT2D eigenvalue weighted by atomic mass is 15.1. The molecular formula is C7H4N2. The number of nitrogens with zero attached hydrogens (tertiary/aromatic N) is 1. The minimum Gasteiger partial charge on any atom is -0.277 e. The highest BCUT2D eigenvalue weighted by Gasteiger charge is 1.89. The number of aromatic amines is 1. The lowest BCUT2D eigenvalue weighted by molar-refractivity contribution is 1.12. The maximum Gasteiger partial charge on any atom is 0.0729 e. The van der Waals surface area contributed by atoms with Gasteiger partial charge >= 0.3 is 0 Å². The third-order valence-electron chi connectivity index (χ3n) is 1.21. The highest BCUT2D eigenvalue weighted by molar-refractivity contribution is 5.76. The van der Waals surface area contributed by atoms with E-state index in [-0.39, 0.29) is 0 Å². The molecule has 2 nitrogen and oxygen atoms in total. The van der Waals surface area contributed by atoms with Crippen molar-refractivity contribution in [3.8, 4) is 0 Å². The van der Waals surface area contributed by atoms with E-state index in [1.807, 2.05) is 6.07 Å². The largest absolute Gasteiger partial charge is 0.277 e. The van der Waals surface area contributed by atoms with Crippen molar-refractivity contribution < 1.29 is 0 Å². The van der Waals surface area contributed by atoms with Gasteiger partial charge in [-0.3, -0.25) is 5.10 Å². The van der Waals surface area contributed by atoms with E-state index < -0.39 is 0 Å². The highest BCUT2D eigenvalue weighted by Crippen LogP contribution is 2.05. The summed E-state index contributed by atoms with van der Waals surface area (Å²) in [4.78, 5) is 0. The summed E-state index contributed by atoms with van der Waals surface area (Å²) in [5, 5.41) is 7.67. The maximum atomic E-state index is 3.83. The summed E-state index contributed by atoms with van der Waals surface area (Å²) in [5.74, 6) is 0. The Hall–Kier alpha value is -1.31. The van der Waals surface area contributed by atoms with Gasteiger partial charge in [0, 0.05) is 11.5 Å². The zero-order chi connectivity index (χ0) is 6.10. The average molecular weight is 116 g/mol. The van der Waals surface area contributed by atoms with Gasteiger partial charge in [-0.25, -0.2) is 0 Å². The molecule has 0 fully saturated rings. The molecule has 1 aromatic heterocycles. The molecule has 9 heavy (non-hydrogen) atoms. The van der Waals surface area contributed by atoms with Crippen LogP contribution in [0.3, 0.4) is 0 Å². The van der Waals surface area contributed by atoms with Gasteiger partial charge in [-0.15, -0.1) is 0 Å². The van der Waals surface area contributed by atoms with Crippen LogP contribution in [-0.4, -0.2) is 10.2 Å². The number of nitrogens with one attached hydrogen (secondary N) is 1. The van der Waals surface area contributed by atoms with Crippen LogP contribution in [0.2, 0.25) is 0 Å². The van der Waals surface area contributed by atoms with Gasteiger partial charge in [0.25, 0.3) is 0 Å². The van der Waals surface area contributed by atoms with Gasteiger partial charge in [0.2, 0.25) is 0 Å². The Balaban J connectivity index is 2.95. The summed E-state index contributed by atoms with van der Waals surface area (Å²) in [6.45, 7) is 0. The Bertz CT molecular complexity index is 281. The fraction of sp³-hybridized carbons (Fsp3) is 0. The summed E-state index contributed by atoms with van der Waals surface area (Å²) in [5.41, 5.74) is 0.939. The van der Waals surface area contributed by atoms with Crippen molar-refractivity contribution in [2.75, 3.05) is 0 Å². The van der Waals surface area contributed by atoms with E-state index in [4.69, 9.17) is 0 Å². The molecule has 0 spiro atoms. The monoisotopic (exact) mass is 116 g/mol. The van der Waals surface area contributed by atoms with Crippen LogP contribution in [0.5, 0.6) is 0 Å². The maximum absolute atomic E-state index is 3.83. The minimum atomic E-state index is 0.939. The predicted molar refractivity (Wildman–Crippen MR) is 33.8 cm³/mol. The van der Waals surface area contributed by atoms with E-state index in [2.05, 4.69) is 22.3 Å². The van der Waals surface area contributed by atoms with Crippen LogP contribution in [0.4, 0.5) is 0 Å². The van der Waals surface area contributed by atoms with Gasteiger partial charge in [-0.1, -0.05) is 0 Å². The Morgan fingerprint density at radius 3 is 3.44 bits per heavy atom. The Labute approximate surface area is 52.5 Å². The quantitative estimate of drug-likeness (QED) is 0.549. The standard InChI is InChI=1S/C7H4N2/c1-2-4-7-6(3-1)5-8-9-7/h2-3,5H,(H,8,9). The molecule has 0 aliphatic rings. The fourth-order valence-electron chi connectivity index (χ4n) is 0.766. The molecule has 2 heteroatoms. The normalized spacial score (nSPS) is 10.2. The van der Waals surface area contributed by atoms with Crippen molar-refractivity contribution in [3.63, 3.8) is 0 Å². The molecule has 0 saturated heterocycles. The molecule has 0 aliphatic carbocycles. The lowest BCUT2D eigenvalue weighted by Crippen LogP contribution is -1.65. The van der Waals surface area contributed by atoms with Crippen LogP contribution < -0.4 is 0 Å². The van der Waals surface area contributed by atoms with E-state index >= 15 is 0 Å². The lowest BCUT2D eigenvalue weighted by Gasteiger charge is -1.79. The number of fused-ring (bicyclic) bond motifs is 1. The minimum absolute atomic E-state index is 0.939. The summed E-state index contributed by atoms with van der Waals surface area (Å²) < 4.78 is 0. The number of hydrogen-bond donors (Lipinski definition) is 1. The number of H-pyrrole nitrogens is 1. The van der Waals surface area contributed by atoms with Crippen LogP contribution in [0.15, 0.2) is 18.3 Å². The SMILES string of the molecule is [c]1c[c]c2[nH]ncc2c1. The van der Waals surface area contributed by atoms with Crippen molar-refractivity contribution >= 4 is 10.9 Å². The van der Waals surface area contributed by atoms with Crippen LogP contribution >= 0.6 is 0 Å². The average Bonchev–Trinajstić information content (AvgIpc) is 2.33. The molecule has 0 aliphatic heterocycles. The van der Waals surface area contributed by atoms with Gasteiger partial charge in [-0.05, 0) is 18.2 Å². The third-order valence-corrected chi connectivity index (χ3v) is 1.21. The van der Waals surface area contributed by atoms with Gasteiger partial charge in [0.05, 0.1) is 11.7 Å². The van der Waals surface area contributed by atoms with Gasteiger partial charge < -0.3 is 0 Å². The molecule has 0 unspecified atom stereocenters. The number of hydrogen-bond acceptors (Lipinski definition) is 1. The molecule has 0 saturated carbocycles. The Morgan fingerprint density at radius 1 is 1.56 bits per heavy atom. The second-order valence-corrected chi connectivity index (χ2v) is 1.80. The molecule has 2 aromatic rings. The molecule has 1 heterocycles. The fourth-order valence-corrected chi connectivity index (χ4v) is 0.766. The van der Waals surface area contributed by atoms with E-state index in [9.17, 15) is 0 Å². The van der Waals surface area contributed by atoms with E-state index in [0.29, 0.717) is 0 Å². The second-order valence-electron chi connectivity index (χ2n) is 1.80. The van der Waals surface area contributed by atoms with Crippen molar-refractivity contribution in [1.29, 1.82) is 0 Å². The van der Waals surface area contributed by atoms with Crippen molar-refractivity contribution in [2.24, 2.45) is 0 Å². The van der Waals surface area contributed by atoms with Gasteiger partial charge in [0.1, 0.15) is 0 Å². The molecule has 0 bridgehead atoms. The molecule has 42 valence electrons. The zero-order valence-electron chi connectivity index (χ0n) is 4.68. The van der Waals surface area contributed by atoms with Gasteiger partial charge in [0.15, 0.2) is 0 Å². The molecule has 1 N–H and O–H groups in total. The Morgan fingerprint density at radius 2 is 2.56 bits per heavy atom. The van der Waals surface area contributed by atoms with Crippen molar-refractivity contribution in [2.45, 2.75) is 0 Å². The smallest absolute Gasteiger partial charge is 0.0729 e. The molecule has 2 rings (SSSR count). The number of benzene rings is 1. The Kier molecular flexibility index (Phi) is 0.803. The molecule has 0 atom stereocenters. The predicted octanol–water partition coefficient (Wildman–Crippen LogP) is 1.16.